The van der Waals surface area contributed by atoms with E-state index in [0.717, 1.165) is 6.42 Å². The number of fused-ring (bicyclic) bond motifs is 1. The van der Waals surface area contributed by atoms with Crippen LogP contribution in [-0.4, -0.2) is 11.9 Å². The monoisotopic (exact) mass is 263 g/mol. The zero-order valence-corrected chi connectivity index (χ0v) is 11.7. The summed E-state index contributed by atoms with van der Waals surface area (Å²) in [5.74, 6) is 2.09. The Balaban J connectivity index is 1.49. The Morgan fingerprint density at radius 3 is 2.78 bits per heavy atom. The number of thiophene rings is 1. The van der Waals surface area contributed by atoms with Crippen molar-refractivity contribution in [3.8, 4) is 0 Å². The van der Waals surface area contributed by atoms with E-state index < -0.39 is 0 Å². The minimum absolute atomic E-state index is 0.263. The molecule has 3 heteroatoms. The van der Waals surface area contributed by atoms with Gasteiger partial charge in [-0.1, -0.05) is 18.9 Å². The second-order valence-electron chi connectivity index (χ2n) is 5.83. The van der Waals surface area contributed by atoms with E-state index in [0.29, 0.717) is 23.7 Å². The molecule has 0 aromatic carbocycles. The Morgan fingerprint density at radius 2 is 2.17 bits per heavy atom. The van der Waals surface area contributed by atoms with Gasteiger partial charge in [0.2, 0.25) is 5.91 Å². The average molecular weight is 263 g/mol. The molecule has 2 aliphatic rings. The van der Waals surface area contributed by atoms with Crippen LogP contribution in [0.5, 0.6) is 0 Å². The minimum Gasteiger partial charge on any atom is -0.353 e. The van der Waals surface area contributed by atoms with E-state index in [1.54, 1.807) is 11.3 Å². The molecule has 0 unspecified atom stereocenters. The fourth-order valence-corrected chi connectivity index (χ4v) is 4.34. The molecular weight excluding hydrogens is 242 g/mol. The molecule has 1 N–H and O–H groups in total. The van der Waals surface area contributed by atoms with Gasteiger partial charge in [-0.3, -0.25) is 4.79 Å². The minimum atomic E-state index is 0.263. The lowest BCUT2D eigenvalue weighted by Crippen LogP contribution is -2.35. The topological polar surface area (TPSA) is 29.1 Å². The van der Waals surface area contributed by atoms with Crippen molar-refractivity contribution in [2.75, 3.05) is 0 Å². The van der Waals surface area contributed by atoms with Crippen molar-refractivity contribution in [1.29, 1.82) is 0 Å². The first-order valence-electron chi connectivity index (χ1n) is 7.08. The van der Waals surface area contributed by atoms with E-state index in [1.807, 2.05) is 0 Å². The predicted molar refractivity (Wildman–Crippen MR) is 74.6 cm³/mol. The molecule has 0 spiro atoms. The maximum atomic E-state index is 12.2. The summed E-state index contributed by atoms with van der Waals surface area (Å²) in [6.07, 6.45) is 6.18. The molecule has 1 aromatic heterocycles. The molecule has 3 rings (SSSR count). The smallest absolute Gasteiger partial charge is 0.223 e. The van der Waals surface area contributed by atoms with Gasteiger partial charge in [0.1, 0.15) is 0 Å². The highest BCUT2D eigenvalue weighted by molar-refractivity contribution is 7.09. The maximum absolute atomic E-state index is 12.2. The van der Waals surface area contributed by atoms with Gasteiger partial charge in [0.05, 0.1) is 0 Å². The third-order valence-electron chi connectivity index (χ3n) is 4.44. The van der Waals surface area contributed by atoms with E-state index in [9.17, 15) is 4.79 Å². The second-order valence-corrected chi connectivity index (χ2v) is 6.86. The van der Waals surface area contributed by atoms with Gasteiger partial charge in [-0.2, -0.15) is 0 Å². The van der Waals surface area contributed by atoms with Crippen LogP contribution >= 0.6 is 11.3 Å². The van der Waals surface area contributed by atoms with Gasteiger partial charge in [0.25, 0.3) is 0 Å². The van der Waals surface area contributed by atoms with E-state index in [-0.39, 0.29) is 6.04 Å². The Labute approximate surface area is 113 Å². The number of carbonyl (C=O) groups excluding carboxylic acids is 1. The molecule has 0 saturated heterocycles. The Kier molecular flexibility index (Phi) is 3.42. The van der Waals surface area contributed by atoms with Crippen LogP contribution in [-0.2, 0) is 11.2 Å². The first-order valence-corrected chi connectivity index (χ1v) is 7.96. The summed E-state index contributed by atoms with van der Waals surface area (Å²) < 4.78 is 0. The summed E-state index contributed by atoms with van der Waals surface area (Å²) in [7, 11) is 0. The van der Waals surface area contributed by atoms with Gasteiger partial charge in [-0.15, -0.1) is 11.3 Å². The molecule has 98 valence electrons. The zero-order chi connectivity index (χ0) is 12.5. The van der Waals surface area contributed by atoms with Crippen LogP contribution in [0.2, 0.25) is 0 Å². The number of hydrogen-bond acceptors (Lipinski definition) is 2. The van der Waals surface area contributed by atoms with Crippen LogP contribution in [0, 0.1) is 17.8 Å². The second kappa shape index (κ2) is 5.04. The van der Waals surface area contributed by atoms with Crippen LogP contribution in [0.4, 0.5) is 0 Å². The number of rotatable bonds is 4. The zero-order valence-electron chi connectivity index (χ0n) is 10.9. The summed E-state index contributed by atoms with van der Waals surface area (Å²) >= 11 is 1.77. The van der Waals surface area contributed by atoms with Gasteiger partial charge in [-0.25, -0.2) is 0 Å². The quantitative estimate of drug-likeness (QED) is 0.888. The molecular formula is C15H21NOS. The summed E-state index contributed by atoms with van der Waals surface area (Å²) in [5.41, 5.74) is 0. The molecule has 2 saturated carbocycles. The summed E-state index contributed by atoms with van der Waals surface area (Å²) in [6.45, 7) is 2.11. The lowest BCUT2D eigenvalue weighted by atomic mass is 10.0. The lowest BCUT2D eigenvalue weighted by Gasteiger charge is -2.12. The molecule has 3 atom stereocenters. The summed E-state index contributed by atoms with van der Waals surface area (Å²) in [6, 6.07) is 4.48. The van der Waals surface area contributed by atoms with Crippen LogP contribution in [0.25, 0.3) is 0 Å². The molecule has 2 fully saturated rings. The van der Waals surface area contributed by atoms with Crippen molar-refractivity contribution in [2.45, 2.75) is 45.1 Å². The number of amides is 1. The Bertz CT molecular complexity index is 402. The normalized spacial score (nSPS) is 31.5. The largest absolute Gasteiger partial charge is 0.353 e. The molecule has 1 heterocycles. The van der Waals surface area contributed by atoms with E-state index >= 15 is 0 Å². The third kappa shape index (κ3) is 2.46. The van der Waals surface area contributed by atoms with Gasteiger partial charge in [0, 0.05) is 23.3 Å². The Hall–Kier alpha value is -0.830. The molecule has 0 bridgehead atoms. The van der Waals surface area contributed by atoms with Gasteiger partial charge in [0.15, 0.2) is 0 Å². The molecule has 18 heavy (non-hydrogen) atoms. The van der Waals surface area contributed by atoms with E-state index in [1.165, 1.54) is 30.6 Å². The van der Waals surface area contributed by atoms with Gasteiger partial charge in [-0.05, 0) is 43.0 Å². The number of hydrogen-bond donors (Lipinski definition) is 1. The van der Waals surface area contributed by atoms with Crippen LogP contribution in [0.15, 0.2) is 17.5 Å². The average Bonchev–Trinajstić information content (AvgIpc) is 2.87. The first kappa shape index (κ1) is 12.2. The van der Waals surface area contributed by atoms with Crippen molar-refractivity contribution in [3.63, 3.8) is 0 Å². The SMILES string of the molecule is C[C@H](Cc1cccs1)NC(=O)C1[C@H]2CCCC[C@H]12. The predicted octanol–water partition coefficient (Wildman–Crippen LogP) is 3.23. The van der Waals surface area contributed by atoms with Gasteiger partial charge < -0.3 is 5.32 Å². The van der Waals surface area contributed by atoms with Crippen LogP contribution in [0.1, 0.15) is 37.5 Å². The highest BCUT2D eigenvalue weighted by Crippen LogP contribution is 2.55. The van der Waals surface area contributed by atoms with Crippen molar-refractivity contribution in [2.24, 2.45) is 17.8 Å². The number of carbonyl (C=O) groups is 1. The molecule has 2 nitrogen and oxygen atoms in total. The van der Waals surface area contributed by atoms with Crippen LogP contribution in [0.3, 0.4) is 0 Å². The van der Waals surface area contributed by atoms with Crippen molar-refractivity contribution in [1.82, 2.24) is 5.32 Å². The fraction of sp³-hybridized carbons (Fsp3) is 0.667. The molecule has 1 aromatic rings. The molecule has 0 aliphatic heterocycles. The Morgan fingerprint density at radius 1 is 1.44 bits per heavy atom. The van der Waals surface area contributed by atoms with E-state index in [4.69, 9.17) is 0 Å². The van der Waals surface area contributed by atoms with Crippen molar-refractivity contribution in [3.05, 3.63) is 22.4 Å². The molecule has 0 radical (unpaired) electrons. The summed E-state index contributed by atoms with van der Waals surface area (Å²) in [5, 5.41) is 5.30. The third-order valence-corrected chi connectivity index (χ3v) is 5.33. The molecule has 2 aliphatic carbocycles. The van der Waals surface area contributed by atoms with Gasteiger partial charge >= 0.3 is 0 Å². The highest BCUT2D eigenvalue weighted by atomic mass is 32.1. The van der Waals surface area contributed by atoms with Crippen molar-refractivity contribution >= 4 is 17.2 Å². The standard InChI is InChI=1S/C15H21NOS/c1-10(9-11-5-4-8-18-11)16-15(17)14-12-6-2-3-7-13(12)14/h4-5,8,10,12-14H,2-3,6-7,9H2,1H3,(H,16,17)/t10-,12+,13+/m1/s1. The van der Waals surface area contributed by atoms with Crippen molar-refractivity contribution < 1.29 is 4.79 Å². The lowest BCUT2D eigenvalue weighted by molar-refractivity contribution is -0.123. The van der Waals surface area contributed by atoms with Crippen LogP contribution < -0.4 is 5.32 Å². The fourth-order valence-electron chi connectivity index (χ4n) is 3.50. The first-order chi connectivity index (χ1) is 8.75. The van der Waals surface area contributed by atoms with E-state index in [2.05, 4.69) is 29.8 Å². The summed E-state index contributed by atoms with van der Waals surface area (Å²) in [4.78, 5) is 13.6. The maximum Gasteiger partial charge on any atom is 0.223 e. The molecule has 1 amide bonds. The number of nitrogens with one attached hydrogen (secondary N) is 1. The highest BCUT2D eigenvalue weighted by Gasteiger charge is 2.54.